The lowest BCUT2D eigenvalue weighted by Crippen LogP contribution is -2.43. The quantitative estimate of drug-likeness (QED) is 0.793. The van der Waals surface area contributed by atoms with Gasteiger partial charge in [0, 0.05) is 55.6 Å². The van der Waals surface area contributed by atoms with Gasteiger partial charge in [0.1, 0.15) is 0 Å². The summed E-state index contributed by atoms with van der Waals surface area (Å²) in [5.74, 6) is 0.160. The van der Waals surface area contributed by atoms with E-state index in [1.54, 1.807) is 36.7 Å². The van der Waals surface area contributed by atoms with Gasteiger partial charge in [0.2, 0.25) is 5.91 Å². The number of pyridine rings is 1. The highest BCUT2D eigenvalue weighted by Crippen LogP contribution is 2.21. The summed E-state index contributed by atoms with van der Waals surface area (Å²) in [5.41, 5.74) is 1.81. The maximum absolute atomic E-state index is 12.7. The maximum Gasteiger partial charge on any atom is 0.253 e. The van der Waals surface area contributed by atoms with Gasteiger partial charge in [-0.25, -0.2) is 0 Å². The van der Waals surface area contributed by atoms with Crippen molar-refractivity contribution in [1.29, 1.82) is 0 Å². The molecule has 2 amide bonds. The number of likely N-dealkylation sites (N-methyl/N-ethyl adjacent to an activating group) is 1. The highest BCUT2D eigenvalue weighted by Gasteiger charge is 2.29. The summed E-state index contributed by atoms with van der Waals surface area (Å²) in [5, 5.41) is 0.616. The molecule has 0 radical (unpaired) electrons. The summed E-state index contributed by atoms with van der Waals surface area (Å²) in [4.78, 5) is 32.9. The molecule has 1 aromatic carbocycles. The number of aromatic nitrogens is 1. The van der Waals surface area contributed by atoms with Gasteiger partial charge in [0.25, 0.3) is 5.91 Å². The van der Waals surface area contributed by atoms with Gasteiger partial charge >= 0.3 is 0 Å². The van der Waals surface area contributed by atoms with Crippen molar-refractivity contribution in [3.63, 3.8) is 0 Å². The van der Waals surface area contributed by atoms with E-state index in [4.69, 9.17) is 11.6 Å². The monoisotopic (exact) mass is 385 g/mol. The van der Waals surface area contributed by atoms with Crippen LogP contribution in [0.5, 0.6) is 0 Å². The molecule has 2 heterocycles. The topological polar surface area (TPSA) is 53.5 Å². The van der Waals surface area contributed by atoms with E-state index < -0.39 is 0 Å². The molecule has 3 rings (SSSR count). The lowest BCUT2D eigenvalue weighted by atomic mass is 9.94. The third-order valence-electron chi connectivity index (χ3n) is 5.08. The molecule has 0 saturated carbocycles. The lowest BCUT2D eigenvalue weighted by Gasteiger charge is -2.33. The number of hydrogen-bond donors (Lipinski definition) is 0. The fraction of sp³-hybridized carbons (Fsp3) is 0.381. The predicted octanol–water partition coefficient (Wildman–Crippen LogP) is 3.29. The van der Waals surface area contributed by atoms with Crippen LogP contribution in [0.15, 0.2) is 48.8 Å². The molecule has 0 unspecified atom stereocenters. The van der Waals surface area contributed by atoms with Crippen LogP contribution in [0.2, 0.25) is 5.02 Å². The number of piperidine rings is 1. The molecule has 1 aromatic heterocycles. The maximum atomic E-state index is 12.7. The second-order valence-corrected chi connectivity index (χ2v) is 7.38. The fourth-order valence-electron chi connectivity index (χ4n) is 3.37. The fourth-order valence-corrected chi connectivity index (χ4v) is 3.50. The Labute approximate surface area is 164 Å². The average Bonchev–Trinajstić information content (AvgIpc) is 2.72. The normalized spacial score (nSPS) is 14.8. The Balaban J connectivity index is 1.48. The van der Waals surface area contributed by atoms with E-state index in [9.17, 15) is 9.59 Å². The highest BCUT2D eigenvalue weighted by molar-refractivity contribution is 6.30. The Bertz CT molecular complexity index is 772. The molecule has 0 spiro atoms. The average molecular weight is 386 g/mol. The zero-order valence-corrected chi connectivity index (χ0v) is 16.2. The van der Waals surface area contributed by atoms with Gasteiger partial charge in [-0.3, -0.25) is 14.6 Å². The van der Waals surface area contributed by atoms with Crippen molar-refractivity contribution in [2.75, 3.05) is 26.7 Å². The first-order chi connectivity index (χ1) is 13.0. The predicted molar refractivity (Wildman–Crippen MR) is 106 cm³/mol. The van der Waals surface area contributed by atoms with Crippen LogP contribution in [-0.4, -0.2) is 53.3 Å². The molecule has 2 aromatic rings. The zero-order chi connectivity index (χ0) is 19.2. The minimum Gasteiger partial charge on any atom is -0.345 e. The van der Waals surface area contributed by atoms with Crippen molar-refractivity contribution in [1.82, 2.24) is 14.8 Å². The molecule has 1 aliphatic rings. The number of carbonyl (C=O) groups excluding carboxylic acids is 2. The second kappa shape index (κ2) is 9.00. The van der Waals surface area contributed by atoms with Gasteiger partial charge in [0.05, 0.1) is 0 Å². The van der Waals surface area contributed by atoms with Crippen LogP contribution < -0.4 is 0 Å². The van der Waals surface area contributed by atoms with Crippen LogP contribution in [-0.2, 0) is 11.2 Å². The number of nitrogens with zero attached hydrogens (tertiary/aromatic N) is 3. The zero-order valence-electron chi connectivity index (χ0n) is 15.5. The first-order valence-electron chi connectivity index (χ1n) is 9.23. The van der Waals surface area contributed by atoms with Gasteiger partial charge in [-0.15, -0.1) is 0 Å². The van der Waals surface area contributed by atoms with Gasteiger partial charge in [-0.05, 0) is 61.2 Å². The Morgan fingerprint density at radius 1 is 1.11 bits per heavy atom. The molecule has 0 atom stereocenters. The van der Waals surface area contributed by atoms with Crippen LogP contribution in [0.3, 0.4) is 0 Å². The first kappa shape index (κ1) is 19.4. The molecular formula is C21H24ClN3O2. The van der Waals surface area contributed by atoms with E-state index in [2.05, 4.69) is 4.98 Å². The molecule has 5 nitrogen and oxygen atoms in total. The van der Waals surface area contributed by atoms with Crippen molar-refractivity contribution in [3.05, 3.63) is 64.9 Å². The van der Waals surface area contributed by atoms with E-state index in [-0.39, 0.29) is 17.7 Å². The Morgan fingerprint density at radius 3 is 2.37 bits per heavy atom. The van der Waals surface area contributed by atoms with E-state index in [0.29, 0.717) is 43.1 Å². The minimum absolute atomic E-state index is 0.00334. The summed E-state index contributed by atoms with van der Waals surface area (Å²) < 4.78 is 0. The summed E-state index contributed by atoms with van der Waals surface area (Å²) in [6, 6.07) is 10.9. The van der Waals surface area contributed by atoms with Crippen molar-refractivity contribution in [2.45, 2.75) is 19.3 Å². The van der Waals surface area contributed by atoms with E-state index >= 15 is 0 Å². The van der Waals surface area contributed by atoms with Crippen molar-refractivity contribution < 1.29 is 9.59 Å². The molecule has 142 valence electrons. The van der Waals surface area contributed by atoms with Gasteiger partial charge in [-0.2, -0.15) is 0 Å². The number of likely N-dealkylation sites (tertiary alicyclic amines) is 1. The minimum atomic E-state index is -0.0123. The highest BCUT2D eigenvalue weighted by atomic mass is 35.5. The van der Waals surface area contributed by atoms with E-state index in [1.807, 2.05) is 29.0 Å². The number of halogens is 1. The molecule has 0 aliphatic carbocycles. The standard InChI is InChI=1S/C21H24ClN3O2/c1-24(13-8-16-6-11-23-12-7-16)20(26)18-9-14-25(15-10-18)21(27)17-2-4-19(22)5-3-17/h2-7,11-12,18H,8-10,13-15H2,1H3. The molecule has 0 bridgehead atoms. The van der Waals surface area contributed by atoms with Crippen molar-refractivity contribution >= 4 is 23.4 Å². The number of rotatable bonds is 5. The van der Waals surface area contributed by atoms with Crippen molar-refractivity contribution in [2.24, 2.45) is 5.92 Å². The van der Waals surface area contributed by atoms with E-state index in [1.165, 1.54) is 5.56 Å². The lowest BCUT2D eigenvalue weighted by molar-refractivity contribution is -0.135. The van der Waals surface area contributed by atoms with Crippen LogP contribution in [0.4, 0.5) is 0 Å². The van der Waals surface area contributed by atoms with Crippen LogP contribution in [0.25, 0.3) is 0 Å². The molecule has 0 N–H and O–H groups in total. The summed E-state index contributed by atoms with van der Waals surface area (Å²) >= 11 is 5.88. The second-order valence-electron chi connectivity index (χ2n) is 6.94. The third-order valence-corrected chi connectivity index (χ3v) is 5.34. The SMILES string of the molecule is CN(CCc1ccncc1)C(=O)C1CCN(C(=O)c2ccc(Cl)cc2)CC1. The summed E-state index contributed by atoms with van der Waals surface area (Å²) in [6.45, 7) is 1.90. The number of amides is 2. The summed E-state index contributed by atoms with van der Waals surface area (Å²) in [7, 11) is 1.86. The van der Waals surface area contributed by atoms with Gasteiger partial charge in [0.15, 0.2) is 0 Å². The number of hydrogen-bond acceptors (Lipinski definition) is 3. The van der Waals surface area contributed by atoms with Gasteiger partial charge < -0.3 is 9.80 Å². The smallest absolute Gasteiger partial charge is 0.253 e. The first-order valence-corrected chi connectivity index (χ1v) is 9.61. The van der Waals surface area contributed by atoms with Gasteiger partial charge in [-0.1, -0.05) is 11.6 Å². The molecule has 27 heavy (non-hydrogen) atoms. The van der Waals surface area contributed by atoms with Crippen LogP contribution >= 0.6 is 11.6 Å². The molecule has 1 aliphatic heterocycles. The molecular weight excluding hydrogens is 362 g/mol. The van der Waals surface area contributed by atoms with Crippen LogP contribution in [0.1, 0.15) is 28.8 Å². The number of benzene rings is 1. The van der Waals surface area contributed by atoms with Crippen LogP contribution in [0, 0.1) is 5.92 Å². The molecule has 6 heteroatoms. The molecule has 1 saturated heterocycles. The van der Waals surface area contributed by atoms with E-state index in [0.717, 1.165) is 6.42 Å². The largest absolute Gasteiger partial charge is 0.345 e. The third kappa shape index (κ3) is 5.07. The Hall–Kier alpha value is -2.40. The summed E-state index contributed by atoms with van der Waals surface area (Å²) in [6.07, 6.45) is 5.77. The van der Waals surface area contributed by atoms with Crippen molar-refractivity contribution in [3.8, 4) is 0 Å². The number of carbonyl (C=O) groups is 2. The Morgan fingerprint density at radius 2 is 1.74 bits per heavy atom. The Kier molecular flexibility index (Phi) is 6.45. The molecule has 1 fully saturated rings.